The van der Waals surface area contributed by atoms with Crippen molar-refractivity contribution in [2.45, 2.75) is 45.2 Å². The van der Waals surface area contributed by atoms with Crippen molar-refractivity contribution in [2.75, 3.05) is 11.1 Å². The van der Waals surface area contributed by atoms with Gasteiger partial charge in [0.1, 0.15) is 35.0 Å². The number of nitrogens with zero attached hydrogens (tertiary/aromatic N) is 3. The second kappa shape index (κ2) is 5.82. The van der Waals surface area contributed by atoms with E-state index < -0.39 is 5.66 Å². The van der Waals surface area contributed by atoms with Gasteiger partial charge in [-0.1, -0.05) is 13.3 Å². The highest BCUT2D eigenvalue weighted by molar-refractivity contribution is 5.97. The number of aromatic nitrogens is 3. The van der Waals surface area contributed by atoms with Crippen LogP contribution in [0.5, 0.6) is 0 Å². The molecule has 4 N–H and O–H groups in total. The zero-order valence-electron chi connectivity index (χ0n) is 14.9. The highest BCUT2D eigenvalue weighted by Gasteiger charge is 2.46. The minimum Gasteiger partial charge on any atom is -0.384 e. The van der Waals surface area contributed by atoms with Gasteiger partial charge in [-0.05, 0) is 43.7 Å². The van der Waals surface area contributed by atoms with E-state index in [9.17, 15) is 9.59 Å². The summed E-state index contributed by atoms with van der Waals surface area (Å²) < 4.78 is 1.66. The van der Waals surface area contributed by atoms with Crippen LogP contribution in [0.15, 0.2) is 23.3 Å². The van der Waals surface area contributed by atoms with Crippen LogP contribution in [-0.4, -0.2) is 20.4 Å². The molecule has 1 spiro atoms. The maximum absolute atomic E-state index is 13.3. The van der Waals surface area contributed by atoms with Crippen molar-refractivity contribution in [3.05, 3.63) is 40.1 Å². The first-order valence-corrected chi connectivity index (χ1v) is 8.84. The molecule has 1 amide bonds. The second-order valence-corrected chi connectivity index (χ2v) is 7.37. The van der Waals surface area contributed by atoms with Crippen LogP contribution in [0, 0.1) is 12.8 Å². The molecule has 1 aliphatic heterocycles. The predicted octanol–water partition coefficient (Wildman–Crippen LogP) is 1.88. The number of carbonyl (C=O) groups is 1. The van der Waals surface area contributed by atoms with Gasteiger partial charge in [0, 0.05) is 6.07 Å². The molecule has 0 radical (unpaired) electrons. The maximum Gasteiger partial charge on any atom is 0.276 e. The smallest absolute Gasteiger partial charge is 0.276 e. The van der Waals surface area contributed by atoms with E-state index in [0.29, 0.717) is 28.9 Å². The third-order valence-corrected chi connectivity index (χ3v) is 5.31. The van der Waals surface area contributed by atoms with Gasteiger partial charge in [-0.2, -0.15) is 0 Å². The van der Waals surface area contributed by atoms with Crippen molar-refractivity contribution in [3.8, 4) is 0 Å². The number of nitrogens with two attached hydrogens (primary N) is 1. The molecule has 1 aliphatic carbocycles. The highest BCUT2D eigenvalue weighted by Crippen LogP contribution is 2.39. The first-order chi connectivity index (χ1) is 12.4. The van der Waals surface area contributed by atoms with Gasteiger partial charge in [0.05, 0.1) is 0 Å². The molecule has 1 fully saturated rings. The summed E-state index contributed by atoms with van der Waals surface area (Å²) in [4.78, 5) is 33.8. The normalized spacial score (nSPS) is 24.4. The monoisotopic (exact) mass is 354 g/mol. The first-order valence-electron chi connectivity index (χ1n) is 8.84. The molecular formula is C18H22N6O2. The molecular weight excluding hydrogens is 332 g/mol. The fraction of sp³-hybridized carbons (Fsp3) is 0.444. The number of anilines is 3. The molecule has 3 heterocycles. The van der Waals surface area contributed by atoms with E-state index in [4.69, 9.17) is 5.73 Å². The Morgan fingerprint density at radius 1 is 1.35 bits per heavy atom. The average molecular weight is 354 g/mol. The fourth-order valence-corrected chi connectivity index (χ4v) is 4.27. The van der Waals surface area contributed by atoms with E-state index in [1.165, 1.54) is 6.33 Å². The Morgan fingerprint density at radius 3 is 2.88 bits per heavy atom. The van der Waals surface area contributed by atoms with Crippen molar-refractivity contribution in [1.82, 2.24) is 19.9 Å². The fourth-order valence-electron chi connectivity index (χ4n) is 4.27. The Morgan fingerprint density at radius 2 is 2.15 bits per heavy atom. The quantitative estimate of drug-likeness (QED) is 0.758. The lowest BCUT2D eigenvalue weighted by atomic mass is 9.82. The van der Waals surface area contributed by atoms with Gasteiger partial charge in [-0.15, -0.1) is 0 Å². The van der Waals surface area contributed by atoms with Gasteiger partial charge in [-0.25, -0.2) is 9.97 Å². The van der Waals surface area contributed by atoms with Gasteiger partial charge in [-0.3, -0.25) is 14.2 Å². The molecule has 26 heavy (non-hydrogen) atoms. The number of pyridine rings is 1. The Hall–Kier alpha value is -2.90. The van der Waals surface area contributed by atoms with E-state index in [0.717, 1.165) is 31.2 Å². The summed E-state index contributed by atoms with van der Waals surface area (Å²) in [6.45, 7) is 4.00. The maximum atomic E-state index is 13.3. The third-order valence-electron chi connectivity index (χ3n) is 5.31. The SMILES string of the molecule is Cc1cc(Nc2cc(N)ncn2)c(=O)n2c1C(=O)NC21CCC[C@H](C)C1. The standard InChI is InChI=1S/C18H22N6O2/c1-10-4-3-5-18(8-10)23-16(25)15-11(2)6-12(17(26)24(15)18)22-14-7-13(19)20-9-21-14/h6-7,9-10H,3-5,8H2,1-2H3,(H,23,25)(H3,19,20,21,22)/t10-,18?/m0/s1. The molecule has 2 aromatic rings. The van der Waals surface area contributed by atoms with Crippen LogP contribution in [-0.2, 0) is 5.66 Å². The number of fused-ring (bicyclic) bond motifs is 2. The lowest BCUT2D eigenvalue weighted by molar-refractivity contribution is 0.0833. The molecule has 0 aromatic carbocycles. The zero-order valence-corrected chi connectivity index (χ0v) is 14.9. The van der Waals surface area contributed by atoms with Crippen LogP contribution in [0.3, 0.4) is 0 Å². The topological polar surface area (TPSA) is 115 Å². The van der Waals surface area contributed by atoms with Gasteiger partial charge in [0.2, 0.25) is 0 Å². The summed E-state index contributed by atoms with van der Waals surface area (Å²) in [6, 6.07) is 3.26. The molecule has 0 bridgehead atoms. The molecule has 136 valence electrons. The summed E-state index contributed by atoms with van der Waals surface area (Å²) in [5.74, 6) is 1.03. The molecule has 1 unspecified atom stereocenters. The van der Waals surface area contributed by atoms with Crippen molar-refractivity contribution < 1.29 is 4.79 Å². The van der Waals surface area contributed by atoms with Crippen molar-refractivity contribution in [1.29, 1.82) is 0 Å². The van der Waals surface area contributed by atoms with Crippen molar-refractivity contribution in [2.24, 2.45) is 5.92 Å². The molecule has 1 saturated carbocycles. The number of nitrogens with one attached hydrogen (secondary N) is 2. The summed E-state index contributed by atoms with van der Waals surface area (Å²) in [5.41, 5.74) is 6.41. The third kappa shape index (κ3) is 2.53. The van der Waals surface area contributed by atoms with Gasteiger partial charge < -0.3 is 16.4 Å². The lowest BCUT2D eigenvalue weighted by Gasteiger charge is -2.38. The van der Waals surface area contributed by atoms with Crippen LogP contribution < -0.4 is 21.9 Å². The number of hydrogen-bond donors (Lipinski definition) is 3. The van der Waals surface area contributed by atoms with E-state index in [1.54, 1.807) is 16.7 Å². The molecule has 0 saturated heterocycles. The number of rotatable bonds is 2. The largest absolute Gasteiger partial charge is 0.384 e. The van der Waals surface area contributed by atoms with Crippen LogP contribution in [0.4, 0.5) is 17.3 Å². The van der Waals surface area contributed by atoms with E-state index >= 15 is 0 Å². The Labute approximate surface area is 150 Å². The Balaban J connectivity index is 1.84. The number of carbonyl (C=O) groups excluding carboxylic acids is 1. The van der Waals surface area contributed by atoms with Crippen LogP contribution >= 0.6 is 0 Å². The second-order valence-electron chi connectivity index (χ2n) is 7.37. The average Bonchev–Trinajstić information content (AvgIpc) is 2.84. The van der Waals surface area contributed by atoms with Crippen molar-refractivity contribution in [3.63, 3.8) is 0 Å². The van der Waals surface area contributed by atoms with Crippen LogP contribution in [0.25, 0.3) is 0 Å². The predicted molar refractivity (Wildman–Crippen MR) is 98.2 cm³/mol. The number of amides is 1. The molecule has 2 aliphatic rings. The summed E-state index contributed by atoms with van der Waals surface area (Å²) in [5, 5.41) is 6.13. The van der Waals surface area contributed by atoms with Gasteiger partial charge >= 0.3 is 0 Å². The van der Waals surface area contributed by atoms with Gasteiger partial charge in [0.25, 0.3) is 11.5 Å². The Kier molecular flexibility index (Phi) is 3.71. The molecule has 2 aromatic heterocycles. The molecule has 8 nitrogen and oxygen atoms in total. The van der Waals surface area contributed by atoms with Gasteiger partial charge in [0.15, 0.2) is 0 Å². The van der Waals surface area contributed by atoms with Crippen LogP contribution in [0.1, 0.15) is 48.7 Å². The Bertz CT molecular complexity index is 953. The minimum absolute atomic E-state index is 0.175. The van der Waals surface area contributed by atoms with E-state index in [1.807, 2.05) is 6.92 Å². The van der Waals surface area contributed by atoms with Crippen LogP contribution in [0.2, 0.25) is 0 Å². The van der Waals surface area contributed by atoms with Crippen molar-refractivity contribution >= 4 is 23.2 Å². The molecule has 4 rings (SSSR count). The summed E-state index contributed by atoms with van der Waals surface area (Å²) in [7, 11) is 0. The lowest BCUT2D eigenvalue weighted by Crippen LogP contribution is -2.50. The number of aryl methyl sites for hydroxylation is 1. The van der Waals surface area contributed by atoms with E-state index in [-0.39, 0.29) is 11.5 Å². The summed E-state index contributed by atoms with van der Waals surface area (Å²) in [6.07, 6.45) is 4.95. The number of hydrogen-bond acceptors (Lipinski definition) is 6. The minimum atomic E-state index is -0.631. The highest BCUT2D eigenvalue weighted by atomic mass is 16.2. The molecule has 8 heteroatoms. The summed E-state index contributed by atoms with van der Waals surface area (Å²) >= 11 is 0. The zero-order chi connectivity index (χ0) is 18.5. The number of nitrogen functional groups attached to an aromatic ring is 1. The molecule has 2 atom stereocenters. The first kappa shape index (κ1) is 16.6. The van der Waals surface area contributed by atoms with E-state index in [2.05, 4.69) is 27.5 Å².